The number of allylic oxidation sites excluding steroid dienone is 1. The Labute approximate surface area is 94.0 Å². The molecular weight excluding hydrogens is 180 g/mol. The molecule has 0 radical (unpaired) electrons. The lowest BCUT2D eigenvalue weighted by Gasteiger charge is -2.18. The van der Waals surface area contributed by atoms with Gasteiger partial charge in [-0.3, -0.25) is 0 Å². The van der Waals surface area contributed by atoms with Crippen LogP contribution in [0.25, 0.3) is 0 Å². The minimum Gasteiger partial charge on any atom is -0.103 e. The first-order valence-corrected chi connectivity index (χ1v) is 5.80. The van der Waals surface area contributed by atoms with E-state index in [-0.39, 0.29) is 0 Å². The highest BCUT2D eigenvalue weighted by molar-refractivity contribution is 5.40. The Kier molecular flexibility index (Phi) is 4.14. The van der Waals surface area contributed by atoms with Crippen LogP contribution in [0.2, 0.25) is 0 Å². The summed E-state index contributed by atoms with van der Waals surface area (Å²) in [6.07, 6.45) is 3.00. The van der Waals surface area contributed by atoms with Crippen LogP contribution in [0.3, 0.4) is 0 Å². The average Bonchev–Trinajstić information content (AvgIpc) is 2.17. The molecule has 0 saturated heterocycles. The van der Waals surface area contributed by atoms with Crippen molar-refractivity contribution in [1.29, 1.82) is 0 Å². The van der Waals surface area contributed by atoms with Gasteiger partial charge in [-0.1, -0.05) is 52.0 Å². The summed E-state index contributed by atoms with van der Waals surface area (Å²) >= 11 is 0. The van der Waals surface area contributed by atoms with Gasteiger partial charge in [-0.15, -0.1) is 6.58 Å². The van der Waals surface area contributed by atoms with Crippen molar-refractivity contribution in [2.45, 2.75) is 46.0 Å². The van der Waals surface area contributed by atoms with Crippen LogP contribution < -0.4 is 0 Å². The predicted molar refractivity (Wildman–Crippen MR) is 68.5 cm³/mol. The topological polar surface area (TPSA) is 0 Å². The van der Waals surface area contributed by atoms with Gasteiger partial charge in [0.1, 0.15) is 0 Å². The molecule has 0 saturated carbocycles. The minimum absolute atomic E-state index is 0.596. The quantitative estimate of drug-likeness (QED) is 0.623. The van der Waals surface area contributed by atoms with Crippen molar-refractivity contribution >= 4 is 0 Å². The Bertz CT molecular complexity index is 306. The molecule has 0 amide bonds. The second-order valence-corrected chi connectivity index (χ2v) is 4.72. The third-order valence-corrected chi connectivity index (χ3v) is 2.84. The summed E-state index contributed by atoms with van der Waals surface area (Å²) in [6, 6.07) is 6.67. The number of hydrogen-bond donors (Lipinski definition) is 0. The molecule has 0 spiro atoms. The van der Waals surface area contributed by atoms with Crippen LogP contribution in [0.15, 0.2) is 30.9 Å². The van der Waals surface area contributed by atoms with Crippen molar-refractivity contribution in [3.63, 3.8) is 0 Å². The lowest BCUT2D eigenvalue weighted by molar-refractivity contribution is 0.808. The smallest absolute Gasteiger partial charge is 0.00945 e. The summed E-state index contributed by atoms with van der Waals surface area (Å²) in [5.41, 5.74) is 4.43. The summed E-state index contributed by atoms with van der Waals surface area (Å²) in [5.74, 6) is 1.19. The Morgan fingerprint density at radius 3 is 1.87 bits per heavy atom. The van der Waals surface area contributed by atoms with Crippen molar-refractivity contribution in [2.24, 2.45) is 0 Å². The SMILES string of the molecule is C=CCc1c(C(C)C)cccc1C(C)C. The van der Waals surface area contributed by atoms with Crippen molar-refractivity contribution in [2.75, 3.05) is 0 Å². The van der Waals surface area contributed by atoms with E-state index in [0.29, 0.717) is 11.8 Å². The molecule has 0 heteroatoms. The third kappa shape index (κ3) is 2.71. The minimum atomic E-state index is 0.596. The van der Waals surface area contributed by atoms with Gasteiger partial charge < -0.3 is 0 Å². The van der Waals surface area contributed by atoms with Gasteiger partial charge in [-0.2, -0.15) is 0 Å². The van der Waals surface area contributed by atoms with Crippen molar-refractivity contribution in [3.05, 3.63) is 47.5 Å². The van der Waals surface area contributed by atoms with Crippen molar-refractivity contribution in [3.8, 4) is 0 Å². The van der Waals surface area contributed by atoms with E-state index in [1.54, 1.807) is 0 Å². The lowest BCUT2D eigenvalue weighted by atomic mass is 9.87. The predicted octanol–water partition coefficient (Wildman–Crippen LogP) is 4.66. The van der Waals surface area contributed by atoms with E-state index in [9.17, 15) is 0 Å². The molecule has 0 N–H and O–H groups in total. The lowest BCUT2D eigenvalue weighted by Crippen LogP contribution is -2.02. The van der Waals surface area contributed by atoms with Crippen LogP contribution in [0, 0.1) is 0 Å². The first kappa shape index (κ1) is 12.0. The maximum atomic E-state index is 3.86. The summed E-state index contributed by atoms with van der Waals surface area (Å²) in [5, 5.41) is 0. The van der Waals surface area contributed by atoms with Crippen LogP contribution in [-0.2, 0) is 6.42 Å². The molecule has 0 bridgehead atoms. The highest BCUT2D eigenvalue weighted by Gasteiger charge is 2.11. The fourth-order valence-corrected chi connectivity index (χ4v) is 2.09. The average molecular weight is 202 g/mol. The molecule has 0 nitrogen and oxygen atoms in total. The highest BCUT2D eigenvalue weighted by atomic mass is 14.2. The molecule has 0 atom stereocenters. The van der Waals surface area contributed by atoms with Crippen LogP contribution in [0.5, 0.6) is 0 Å². The molecule has 0 aliphatic heterocycles. The van der Waals surface area contributed by atoms with E-state index in [4.69, 9.17) is 0 Å². The Morgan fingerprint density at radius 2 is 1.53 bits per heavy atom. The largest absolute Gasteiger partial charge is 0.103 e. The Morgan fingerprint density at radius 1 is 1.07 bits per heavy atom. The Balaban J connectivity index is 3.27. The molecule has 0 fully saturated rings. The van der Waals surface area contributed by atoms with Gasteiger partial charge in [0.05, 0.1) is 0 Å². The van der Waals surface area contributed by atoms with E-state index in [1.807, 2.05) is 6.08 Å². The second kappa shape index (κ2) is 5.16. The maximum Gasteiger partial charge on any atom is -0.00945 e. The van der Waals surface area contributed by atoms with Gasteiger partial charge in [0.15, 0.2) is 0 Å². The number of rotatable bonds is 4. The standard InChI is InChI=1S/C15H22/c1-6-8-15-13(11(2)3)9-7-10-14(15)12(4)5/h6-7,9-12H,1,8H2,2-5H3. The summed E-state index contributed by atoms with van der Waals surface area (Å²) in [4.78, 5) is 0. The van der Waals surface area contributed by atoms with Gasteiger partial charge in [-0.05, 0) is 34.9 Å². The molecule has 15 heavy (non-hydrogen) atoms. The molecule has 0 aliphatic rings. The summed E-state index contributed by atoms with van der Waals surface area (Å²) in [6.45, 7) is 12.9. The molecule has 1 aromatic rings. The zero-order chi connectivity index (χ0) is 11.4. The van der Waals surface area contributed by atoms with Crippen molar-refractivity contribution in [1.82, 2.24) is 0 Å². The molecule has 0 aromatic heterocycles. The van der Waals surface area contributed by atoms with Crippen LogP contribution in [0.4, 0.5) is 0 Å². The van der Waals surface area contributed by atoms with Gasteiger partial charge in [0.25, 0.3) is 0 Å². The zero-order valence-corrected chi connectivity index (χ0v) is 10.4. The van der Waals surface area contributed by atoms with Gasteiger partial charge >= 0.3 is 0 Å². The Hall–Kier alpha value is -1.04. The molecule has 82 valence electrons. The van der Waals surface area contributed by atoms with Crippen LogP contribution in [-0.4, -0.2) is 0 Å². The van der Waals surface area contributed by atoms with Crippen LogP contribution in [0.1, 0.15) is 56.2 Å². The van der Waals surface area contributed by atoms with Crippen LogP contribution >= 0.6 is 0 Å². The van der Waals surface area contributed by atoms with Gasteiger partial charge in [-0.25, -0.2) is 0 Å². The van der Waals surface area contributed by atoms with Crippen molar-refractivity contribution < 1.29 is 0 Å². The van der Waals surface area contributed by atoms with E-state index in [0.717, 1.165) is 6.42 Å². The number of benzene rings is 1. The molecule has 1 rings (SSSR count). The normalized spacial score (nSPS) is 11.1. The first-order chi connectivity index (χ1) is 7.07. The molecular formula is C15H22. The highest BCUT2D eigenvalue weighted by Crippen LogP contribution is 2.28. The molecule has 0 aliphatic carbocycles. The monoisotopic (exact) mass is 202 g/mol. The van der Waals surface area contributed by atoms with E-state index in [2.05, 4.69) is 52.5 Å². The molecule has 1 aromatic carbocycles. The zero-order valence-electron chi connectivity index (χ0n) is 10.4. The maximum absolute atomic E-state index is 3.86. The second-order valence-electron chi connectivity index (χ2n) is 4.72. The fraction of sp³-hybridized carbons (Fsp3) is 0.467. The number of hydrogen-bond acceptors (Lipinski definition) is 0. The first-order valence-electron chi connectivity index (χ1n) is 5.80. The third-order valence-electron chi connectivity index (χ3n) is 2.84. The van der Waals surface area contributed by atoms with Gasteiger partial charge in [0, 0.05) is 0 Å². The summed E-state index contributed by atoms with van der Waals surface area (Å²) in [7, 11) is 0. The van der Waals surface area contributed by atoms with Gasteiger partial charge in [0.2, 0.25) is 0 Å². The van der Waals surface area contributed by atoms with E-state index in [1.165, 1.54) is 16.7 Å². The summed E-state index contributed by atoms with van der Waals surface area (Å²) < 4.78 is 0. The molecule has 0 heterocycles. The fourth-order valence-electron chi connectivity index (χ4n) is 2.09. The van der Waals surface area contributed by atoms with E-state index >= 15 is 0 Å². The van der Waals surface area contributed by atoms with E-state index < -0.39 is 0 Å². The molecule has 0 unspecified atom stereocenters.